The summed E-state index contributed by atoms with van der Waals surface area (Å²) < 4.78 is 5.91. The van der Waals surface area contributed by atoms with Crippen molar-refractivity contribution < 1.29 is 4.74 Å². The fourth-order valence-electron chi connectivity index (χ4n) is 1.98. The van der Waals surface area contributed by atoms with E-state index in [4.69, 9.17) is 22.2 Å². The number of benzene rings is 2. The number of nitrogens with one attached hydrogen (secondary N) is 1. The number of hydrogen-bond donors (Lipinski definition) is 2. The van der Waals surface area contributed by atoms with Gasteiger partial charge in [-0.25, -0.2) is 10.8 Å². The second-order valence-corrected chi connectivity index (χ2v) is 4.96. The van der Waals surface area contributed by atoms with E-state index in [1.54, 1.807) is 6.07 Å². The zero-order valence-electron chi connectivity index (χ0n) is 11.3. The number of nitrogen functional groups attached to an aromatic ring is 1. The molecule has 0 saturated carbocycles. The molecule has 0 fully saturated rings. The lowest BCUT2D eigenvalue weighted by Gasteiger charge is -2.11. The minimum atomic E-state index is 0.295. The van der Waals surface area contributed by atoms with Gasteiger partial charge in [0.05, 0.1) is 10.9 Å². The predicted molar refractivity (Wildman–Crippen MR) is 83.6 cm³/mol. The lowest BCUT2D eigenvalue weighted by atomic mass is 10.2. The van der Waals surface area contributed by atoms with Crippen molar-refractivity contribution >= 4 is 28.5 Å². The van der Waals surface area contributed by atoms with Gasteiger partial charge in [-0.2, -0.15) is 4.98 Å². The number of para-hydroxylation sites is 1. The quantitative estimate of drug-likeness (QED) is 0.570. The van der Waals surface area contributed by atoms with Crippen LogP contribution in [0, 0.1) is 6.92 Å². The van der Waals surface area contributed by atoms with Crippen molar-refractivity contribution in [1.82, 2.24) is 9.97 Å². The number of fused-ring (bicyclic) bond motifs is 1. The Morgan fingerprint density at radius 1 is 1.14 bits per heavy atom. The molecule has 0 saturated heterocycles. The number of rotatable bonds is 3. The smallest absolute Gasteiger partial charge is 0.241 e. The first-order valence-corrected chi connectivity index (χ1v) is 6.72. The molecule has 0 unspecified atom stereocenters. The lowest BCUT2D eigenvalue weighted by molar-refractivity contribution is 0.465. The Kier molecular flexibility index (Phi) is 3.60. The number of aromatic nitrogens is 2. The third kappa shape index (κ3) is 2.74. The summed E-state index contributed by atoms with van der Waals surface area (Å²) in [7, 11) is 0. The third-order valence-corrected chi connectivity index (χ3v) is 3.29. The van der Waals surface area contributed by atoms with E-state index in [1.807, 2.05) is 43.3 Å². The van der Waals surface area contributed by atoms with Crippen LogP contribution in [-0.2, 0) is 0 Å². The van der Waals surface area contributed by atoms with Gasteiger partial charge in [0.2, 0.25) is 11.8 Å². The Balaban J connectivity index is 2.13. The summed E-state index contributed by atoms with van der Waals surface area (Å²) in [6, 6.07) is 13.0. The minimum Gasteiger partial charge on any atom is -0.438 e. The molecule has 0 bridgehead atoms. The summed E-state index contributed by atoms with van der Waals surface area (Å²) in [6.45, 7) is 1.94. The van der Waals surface area contributed by atoms with Crippen LogP contribution in [0.1, 0.15) is 5.56 Å². The second-order valence-electron chi connectivity index (χ2n) is 4.53. The van der Waals surface area contributed by atoms with Crippen molar-refractivity contribution in [3.63, 3.8) is 0 Å². The van der Waals surface area contributed by atoms with E-state index in [-0.39, 0.29) is 0 Å². The van der Waals surface area contributed by atoms with Gasteiger partial charge in [-0.3, -0.25) is 5.43 Å². The van der Waals surface area contributed by atoms with E-state index >= 15 is 0 Å². The molecule has 21 heavy (non-hydrogen) atoms. The number of halogens is 1. The summed E-state index contributed by atoms with van der Waals surface area (Å²) in [5.41, 5.74) is 4.15. The Hall–Kier alpha value is -2.37. The van der Waals surface area contributed by atoms with Gasteiger partial charge in [-0.05, 0) is 36.8 Å². The largest absolute Gasteiger partial charge is 0.438 e. The maximum Gasteiger partial charge on any atom is 0.241 e. The molecule has 0 radical (unpaired) electrons. The van der Waals surface area contributed by atoms with Crippen molar-refractivity contribution in [1.29, 1.82) is 0 Å². The highest BCUT2D eigenvalue weighted by Crippen LogP contribution is 2.31. The minimum absolute atomic E-state index is 0.295. The molecule has 1 aromatic heterocycles. The van der Waals surface area contributed by atoms with E-state index in [0.29, 0.717) is 22.6 Å². The van der Waals surface area contributed by atoms with Crippen LogP contribution < -0.4 is 16.0 Å². The van der Waals surface area contributed by atoms with Crippen LogP contribution in [0.15, 0.2) is 42.5 Å². The standard InChI is InChI=1S/C15H13ClN4O/c1-9-6-7-10(16)8-13(9)21-14-11-4-2-3-5-12(11)18-15(19-14)20-17/h2-8H,17H2,1H3,(H,18,19,20). The molecule has 0 atom stereocenters. The average Bonchev–Trinajstić information content (AvgIpc) is 2.50. The van der Waals surface area contributed by atoms with Gasteiger partial charge in [-0.15, -0.1) is 0 Å². The van der Waals surface area contributed by atoms with Gasteiger partial charge in [-0.1, -0.05) is 29.8 Å². The van der Waals surface area contributed by atoms with Crippen LogP contribution in [0.2, 0.25) is 5.02 Å². The molecule has 0 aliphatic carbocycles. The van der Waals surface area contributed by atoms with E-state index < -0.39 is 0 Å². The molecule has 106 valence electrons. The molecule has 2 aromatic carbocycles. The molecule has 0 aliphatic heterocycles. The molecule has 3 aromatic rings. The predicted octanol–water partition coefficient (Wildman–Crippen LogP) is 3.67. The highest BCUT2D eigenvalue weighted by atomic mass is 35.5. The van der Waals surface area contributed by atoms with Gasteiger partial charge < -0.3 is 4.74 Å². The second kappa shape index (κ2) is 5.55. The zero-order chi connectivity index (χ0) is 14.8. The number of nitrogens with two attached hydrogens (primary N) is 1. The van der Waals surface area contributed by atoms with Crippen LogP contribution >= 0.6 is 11.6 Å². The van der Waals surface area contributed by atoms with Crippen LogP contribution in [-0.4, -0.2) is 9.97 Å². The highest BCUT2D eigenvalue weighted by molar-refractivity contribution is 6.30. The number of hydrazine groups is 1. The molecule has 3 rings (SSSR count). The molecule has 6 heteroatoms. The third-order valence-electron chi connectivity index (χ3n) is 3.05. The zero-order valence-corrected chi connectivity index (χ0v) is 12.1. The number of hydrogen-bond acceptors (Lipinski definition) is 5. The number of anilines is 1. The van der Waals surface area contributed by atoms with Crippen molar-refractivity contribution in [3.05, 3.63) is 53.1 Å². The first-order chi connectivity index (χ1) is 10.2. The lowest BCUT2D eigenvalue weighted by Crippen LogP contribution is -2.11. The molecule has 0 spiro atoms. The van der Waals surface area contributed by atoms with Crippen LogP contribution in [0.4, 0.5) is 5.95 Å². The molecular formula is C15H13ClN4O. The van der Waals surface area contributed by atoms with Gasteiger partial charge in [0, 0.05) is 5.02 Å². The topological polar surface area (TPSA) is 73.1 Å². The summed E-state index contributed by atoms with van der Waals surface area (Å²) in [6.07, 6.45) is 0. The molecule has 5 nitrogen and oxygen atoms in total. The summed E-state index contributed by atoms with van der Waals surface area (Å²) in [4.78, 5) is 8.56. The first-order valence-electron chi connectivity index (χ1n) is 6.35. The van der Waals surface area contributed by atoms with Gasteiger partial charge in [0.25, 0.3) is 0 Å². The average molecular weight is 301 g/mol. The van der Waals surface area contributed by atoms with Gasteiger partial charge in [0.1, 0.15) is 5.75 Å². The van der Waals surface area contributed by atoms with Crippen molar-refractivity contribution in [2.45, 2.75) is 6.92 Å². The van der Waals surface area contributed by atoms with Crippen LogP contribution in [0.25, 0.3) is 10.9 Å². The number of nitrogens with zero attached hydrogens (tertiary/aromatic N) is 2. The van der Waals surface area contributed by atoms with Gasteiger partial charge in [0.15, 0.2) is 0 Å². The van der Waals surface area contributed by atoms with Crippen molar-refractivity contribution in [3.8, 4) is 11.6 Å². The van der Waals surface area contributed by atoms with E-state index in [9.17, 15) is 0 Å². The normalized spacial score (nSPS) is 10.6. The number of aryl methyl sites for hydroxylation is 1. The summed E-state index contributed by atoms with van der Waals surface area (Å²) >= 11 is 6.01. The SMILES string of the molecule is Cc1ccc(Cl)cc1Oc1nc(NN)nc2ccccc12. The van der Waals surface area contributed by atoms with E-state index in [1.165, 1.54) is 0 Å². The molecular weight excluding hydrogens is 288 g/mol. The first kappa shape index (κ1) is 13.6. The Morgan fingerprint density at radius 3 is 2.76 bits per heavy atom. The fourth-order valence-corrected chi connectivity index (χ4v) is 2.14. The van der Waals surface area contributed by atoms with Crippen LogP contribution in [0.5, 0.6) is 11.6 Å². The molecule has 0 amide bonds. The summed E-state index contributed by atoms with van der Waals surface area (Å²) in [5.74, 6) is 6.78. The highest BCUT2D eigenvalue weighted by Gasteiger charge is 2.10. The Bertz CT molecular complexity index is 807. The molecule has 3 N–H and O–H groups in total. The summed E-state index contributed by atoms with van der Waals surface area (Å²) in [5, 5.41) is 1.40. The van der Waals surface area contributed by atoms with E-state index in [0.717, 1.165) is 16.5 Å². The maximum absolute atomic E-state index is 6.01. The van der Waals surface area contributed by atoms with Gasteiger partial charge >= 0.3 is 0 Å². The Labute approximate surface area is 126 Å². The van der Waals surface area contributed by atoms with E-state index in [2.05, 4.69) is 15.4 Å². The van der Waals surface area contributed by atoms with Crippen molar-refractivity contribution in [2.24, 2.45) is 5.84 Å². The number of ether oxygens (including phenoxy) is 1. The molecule has 0 aliphatic rings. The molecule has 1 heterocycles. The fraction of sp³-hybridized carbons (Fsp3) is 0.0667. The van der Waals surface area contributed by atoms with Crippen LogP contribution in [0.3, 0.4) is 0 Å². The monoisotopic (exact) mass is 300 g/mol. The Morgan fingerprint density at radius 2 is 1.95 bits per heavy atom. The maximum atomic E-state index is 6.01. The van der Waals surface area contributed by atoms with Crippen molar-refractivity contribution in [2.75, 3.05) is 5.43 Å².